The number of aliphatic carboxylic acids is 1. The fraction of sp³-hybridized carbons (Fsp3) is 0.400. The third-order valence-corrected chi connectivity index (χ3v) is 3.34. The van der Waals surface area contributed by atoms with Crippen LogP contribution < -0.4 is 5.32 Å². The van der Waals surface area contributed by atoms with Gasteiger partial charge in [0.25, 0.3) is 0 Å². The molecule has 0 aliphatic carbocycles. The lowest BCUT2D eigenvalue weighted by molar-refractivity contribution is -0.138. The van der Waals surface area contributed by atoms with Crippen molar-refractivity contribution in [3.8, 4) is 0 Å². The first kappa shape index (κ1) is 15.0. The zero-order valence-electron chi connectivity index (χ0n) is 12.0. The van der Waals surface area contributed by atoms with Gasteiger partial charge in [-0.2, -0.15) is 5.10 Å². The fourth-order valence-electron chi connectivity index (χ4n) is 2.19. The van der Waals surface area contributed by atoms with E-state index in [2.05, 4.69) is 23.4 Å². The molecule has 112 valence electrons. The summed E-state index contributed by atoms with van der Waals surface area (Å²) in [4.78, 5) is 21.7. The van der Waals surface area contributed by atoms with Crippen molar-refractivity contribution in [1.29, 1.82) is 0 Å². The van der Waals surface area contributed by atoms with Crippen molar-refractivity contribution in [1.82, 2.24) is 15.1 Å². The summed E-state index contributed by atoms with van der Waals surface area (Å²) in [6, 6.07) is 6.08. The van der Waals surface area contributed by atoms with E-state index in [0.717, 1.165) is 17.3 Å². The van der Waals surface area contributed by atoms with Crippen LogP contribution in [0.3, 0.4) is 0 Å². The predicted molar refractivity (Wildman–Crippen MR) is 79.0 cm³/mol. The molecule has 2 N–H and O–H groups in total. The van der Waals surface area contributed by atoms with Gasteiger partial charge in [-0.05, 0) is 25.0 Å². The van der Waals surface area contributed by atoms with Crippen molar-refractivity contribution in [2.75, 3.05) is 6.54 Å². The van der Waals surface area contributed by atoms with Crippen LogP contribution in [0.5, 0.6) is 0 Å². The van der Waals surface area contributed by atoms with Gasteiger partial charge >= 0.3 is 5.97 Å². The van der Waals surface area contributed by atoms with Gasteiger partial charge in [-0.1, -0.05) is 12.1 Å². The molecular weight excluding hydrogens is 270 g/mol. The molecule has 0 unspecified atom stereocenters. The lowest BCUT2D eigenvalue weighted by Crippen LogP contribution is -2.25. The van der Waals surface area contributed by atoms with Crippen molar-refractivity contribution in [2.24, 2.45) is 0 Å². The normalized spacial score (nSPS) is 10.7. The van der Waals surface area contributed by atoms with E-state index in [1.54, 1.807) is 0 Å². The van der Waals surface area contributed by atoms with Crippen molar-refractivity contribution < 1.29 is 14.7 Å². The van der Waals surface area contributed by atoms with Crippen LogP contribution in [0, 0.1) is 6.92 Å². The molecule has 1 heterocycles. The fourth-order valence-corrected chi connectivity index (χ4v) is 2.19. The Balaban J connectivity index is 1.79. The first-order valence-electron chi connectivity index (χ1n) is 6.97. The zero-order chi connectivity index (χ0) is 15.2. The Bertz CT molecular complexity index is 649. The van der Waals surface area contributed by atoms with Crippen molar-refractivity contribution in [2.45, 2.75) is 32.7 Å². The van der Waals surface area contributed by atoms with Crippen molar-refractivity contribution >= 4 is 22.8 Å². The summed E-state index contributed by atoms with van der Waals surface area (Å²) in [5.41, 5.74) is 2.29. The molecule has 0 bridgehead atoms. The second-order valence-corrected chi connectivity index (χ2v) is 4.97. The van der Waals surface area contributed by atoms with Gasteiger partial charge in [-0.3, -0.25) is 14.3 Å². The average Bonchev–Trinajstić information content (AvgIpc) is 2.86. The molecule has 1 amide bonds. The number of aromatic nitrogens is 2. The number of hydrogen-bond acceptors (Lipinski definition) is 3. The van der Waals surface area contributed by atoms with Crippen LogP contribution in [0.4, 0.5) is 0 Å². The van der Waals surface area contributed by atoms with Crippen LogP contribution in [-0.2, 0) is 16.1 Å². The number of nitrogens with one attached hydrogen (secondary N) is 1. The van der Waals surface area contributed by atoms with E-state index in [0.29, 0.717) is 13.1 Å². The highest BCUT2D eigenvalue weighted by molar-refractivity contribution is 5.82. The molecule has 1 aromatic carbocycles. The SMILES string of the molecule is Cc1cccc2c1cnn2CCCNC(=O)CCC(=O)O. The Kier molecular flexibility index (Phi) is 4.92. The Morgan fingerprint density at radius 3 is 2.90 bits per heavy atom. The van der Waals surface area contributed by atoms with E-state index < -0.39 is 5.97 Å². The molecule has 0 spiro atoms. The Hall–Kier alpha value is -2.37. The molecule has 21 heavy (non-hydrogen) atoms. The number of carbonyl (C=O) groups excluding carboxylic acids is 1. The minimum atomic E-state index is -0.955. The van der Waals surface area contributed by atoms with Gasteiger partial charge in [-0.25, -0.2) is 0 Å². The van der Waals surface area contributed by atoms with E-state index in [9.17, 15) is 9.59 Å². The minimum Gasteiger partial charge on any atom is -0.481 e. The molecule has 0 radical (unpaired) electrons. The molecule has 6 nitrogen and oxygen atoms in total. The Morgan fingerprint density at radius 2 is 2.14 bits per heavy atom. The lowest BCUT2D eigenvalue weighted by atomic mass is 10.1. The maximum Gasteiger partial charge on any atom is 0.303 e. The minimum absolute atomic E-state index is 0.0270. The summed E-state index contributed by atoms with van der Waals surface area (Å²) in [5.74, 6) is -1.18. The highest BCUT2D eigenvalue weighted by Gasteiger charge is 2.06. The van der Waals surface area contributed by atoms with E-state index in [1.165, 1.54) is 5.56 Å². The average molecular weight is 289 g/mol. The van der Waals surface area contributed by atoms with Crippen LogP contribution in [0.2, 0.25) is 0 Å². The zero-order valence-corrected chi connectivity index (χ0v) is 12.0. The number of fused-ring (bicyclic) bond motifs is 1. The van der Waals surface area contributed by atoms with E-state index >= 15 is 0 Å². The third kappa shape index (κ3) is 4.05. The van der Waals surface area contributed by atoms with Gasteiger partial charge in [0.15, 0.2) is 0 Å². The van der Waals surface area contributed by atoms with Crippen LogP contribution in [0.1, 0.15) is 24.8 Å². The molecule has 0 aliphatic heterocycles. The maximum atomic E-state index is 11.4. The number of rotatable bonds is 7. The maximum absolute atomic E-state index is 11.4. The standard InChI is InChI=1S/C15H19N3O3/c1-11-4-2-5-13-12(11)10-17-18(13)9-3-8-16-14(19)6-7-15(20)21/h2,4-5,10H,3,6-9H2,1H3,(H,16,19)(H,20,21). The van der Waals surface area contributed by atoms with Crippen LogP contribution in [0.25, 0.3) is 10.9 Å². The van der Waals surface area contributed by atoms with Crippen LogP contribution >= 0.6 is 0 Å². The topological polar surface area (TPSA) is 84.2 Å². The molecule has 0 saturated carbocycles. The lowest BCUT2D eigenvalue weighted by Gasteiger charge is -2.06. The van der Waals surface area contributed by atoms with E-state index in [1.807, 2.05) is 23.0 Å². The first-order valence-corrected chi connectivity index (χ1v) is 6.97. The van der Waals surface area contributed by atoms with Crippen LogP contribution in [0.15, 0.2) is 24.4 Å². The van der Waals surface area contributed by atoms with Crippen molar-refractivity contribution in [3.63, 3.8) is 0 Å². The summed E-state index contributed by atoms with van der Waals surface area (Å²) >= 11 is 0. The van der Waals surface area contributed by atoms with Gasteiger partial charge in [0.05, 0.1) is 18.1 Å². The summed E-state index contributed by atoms with van der Waals surface area (Å²) in [7, 11) is 0. The van der Waals surface area contributed by atoms with Crippen LogP contribution in [-0.4, -0.2) is 33.3 Å². The number of amides is 1. The Morgan fingerprint density at radius 1 is 1.33 bits per heavy atom. The summed E-state index contributed by atoms with van der Waals surface area (Å²) in [6.45, 7) is 3.29. The number of hydrogen-bond donors (Lipinski definition) is 2. The second-order valence-electron chi connectivity index (χ2n) is 4.97. The number of nitrogens with zero attached hydrogens (tertiary/aromatic N) is 2. The third-order valence-electron chi connectivity index (χ3n) is 3.34. The van der Waals surface area contributed by atoms with Crippen molar-refractivity contribution in [3.05, 3.63) is 30.0 Å². The van der Waals surface area contributed by atoms with E-state index in [4.69, 9.17) is 5.11 Å². The molecule has 1 aromatic heterocycles. The predicted octanol–water partition coefficient (Wildman–Crippen LogP) is 1.72. The van der Waals surface area contributed by atoms with E-state index in [-0.39, 0.29) is 18.7 Å². The molecule has 2 rings (SSSR count). The molecule has 0 fully saturated rings. The highest BCUT2D eigenvalue weighted by atomic mass is 16.4. The largest absolute Gasteiger partial charge is 0.481 e. The highest BCUT2D eigenvalue weighted by Crippen LogP contribution is 2.17. The quantitative estimate of drug-likeness (QED) is 0.760. The second kappa shape index (κ2) is 6.88. The summed E-state index contributed by atoms with van der Waals surface area (Å²) in [5, 5.41) is 16.7. The molecular formula is C15H19N3O3. The van der Waals surface area contributed by atoms with Gasteiger partial charge in [0, 0.05) is 24.9 Å². The molecule has 0 saturated heterocycles. The molecule has 6 heteroatoms. The van der Waals surface area contributed by atoms with Gasteiger partial charge in [0.2, 0.25) is 5.91 Å². The number of carboxylic acid groups (broad SMARTS) is 1. The number of aryl methyl sites for hydroxylation is 2. The smallest absolute Gasteiger partial charge is 0.303 e. The summed E-state index contributed by atoms with van der Waals surface area (Å²) < 4.78 is 1.92. The number of carboxylic acids is 1. The first-order chi connectivity index (χ1) is 10.1. The van der Waals surface area contributed by atoms with Gasteiger partial charge in [-0.15, -0.1) is 0 Å². The molecule has 2 aromatic rings. The number of carbonyl (C=O) groups is 2. The monoisotopic (exact) mass is 289 g/mol. The van der Waals surface area contributed by atoms with Gasteiger partial charge < -0.3 is 10.4 Å². The van der Waals surface area contributed by atoms with Gasteiger partial charge in [0.1, 0.15) is 0 Å². The number of benzene rings is 1. The molecule has 0 aliphatic rings. The summed E-state index contributed by atoms with van der Waals surface area (Å²) in [6.07, 6.45) is 2.51. The molecule has 0 atom stereocenters. The Labute approximate surface area is 122 Å².